The second kappa shape index (κ2) is 6.90. The molecule has 0 amide bonds. The molecule has 7 heteroatoms. The van der Waals surface area contributed by atoms with E-state index in [9.17, 15) is 9.59 Å². The van der Waals surface area contributed by atoms with Crippen molar-refractivity contribution in [2.24, 2.45) is 11.3 Å². The summed E-state index contributed by atoms with van der Waals surface area (Å²) in [5.41, 5.74) is -1.48. The number of fused-ring (bicyclic) bond motifs is 2. The number of rotatable bonds is 6. The van der Waals surface area contributed by atoms with Crippen LogP contribution in [0.15, 0.2) is 30.3 Å². The third-order valence-electron chi connectivity index (χ3n) is 7.84. The van der Waals surface area contributed by atoms with Crippen molar-refractivity contribution in [2.45, 2.75) is 76.2 Å². The quantitative estimate of drug-likeness (QED) is 0.502. The Balaban J connectivity index is 1.68. The summed E-state index contributed by atoms with van der Waals surface area (Å²) in [7, 11) is -0.723. The topological polar surface area (TPSA) is 71.1 Å². The van der Waals surface area contributed by atoms with Crippen LogP contribution in [0.1, 0.15) is 39.2 Å². The Labute approximate surface area is 179 Å². The predicted octanol–water partition coefficient (Wildman–Crippen LogP) is 3.84. The molecule has 5 atom stereocenters. The van der Waals surface area contributed by atoms with Gasteiger partial charge in [0.05, 0.1) is 19.8 Å². The molecule has 4 rings (SSSR count). The molecular formula is C23H32O6Si. The lowest BCUT2D eigenvalue weighted by atomic mass is 9.43. The summed E-state index contributed by atoms with van der Waals surface area (Å²) in [5.74, 6) is -1.10. The average Bonchev–Trinajstić information content (AvgIpc) is 2.77. The summed E-state index contributed by atoms with van der Waals surface area (Å²) < 4.78 is 24.0. The van der Waals surface area contributed by atoms with Crippen LogP contribution in [0.2, 0.25) is 18.1 Å². The average molecular weight is 433 g/mol. The van der Waals surface area contributed by atoms with Crippen molar-refractivity contribution in [1.29, 1.82) is 0 Å². The largest absolute Gasteiger partial charge is 0.468 e. The summed E-state index contributed by atoms with van der Waals surface area (Å²) in [6.45, 7) is 11.2. The summed E-state index contributed by atoms with van der Waals surface area (Å²) >= 11 is 0. The first kappa shape index (κ1) is 21.5. The standard InChI is InChI=1S/C23H32O6Si/c1-21(2,3)30(5,6)29-17-12-18-22(19(24)26-4)13-16(17)23(22,20(25)28-18)27-14-15-10-8-7-9-11-15/h7-11,16-18H,12-14H2,1-6H3/t16-,17+,18-,22+,23+/m1/s1. The number of carbonyl (C=O) groups is 2. The summed E-state index contributed by atoms with van der Waals surface area (Å²) in [6.07, 6.45) is 0.246. The second-order valence-electron chi connectivity index (χ2n) is 10.3. The number of ether oxygens (including phenoxy) is 3. The Morgan fingerprint density at radius 1 is 1.23 bits per heavy atom. The van der Waals surface area contributed by atoms with Crippen LogP contribution in [-0.4, -0.2) is 45.2 Å². The van der Waals surface area contributed by atoms with Gasteiger partial charge in [0.2, 0.25) is 0 Å². The van der Waals surface area contributed by atoms with Crippen molar-refractivity contribution in [3.05, 3.63) is 35.9 Å². The van der Waals surface area contributed by atoms with E-state index >= 15 is 0 Å². The van der Waals surface area contributed by atoms with E-state index in [4.69, 9.17) is 18.6 Å². The lowest BCUT2D eigenvalue weighted by Crippen LogP contribution is -2.78. The Hall–Kier alpha value is -1.70. The van der Waals surface area contributed by atoms with Crippen LogP contribution in [0.3, 0.4) is 0 Å². The summed E-state index contributed by atoms with van der Waals surface area (Å²) in [5, 5.41) is 0.0373. The van der Waals surface area contributed by atoms with Crippen LogP contribution >= 0.6 is 0 Å². The fourth-order valence-electron chi connectivity index (χ4n) is 5.18. The Morgan fingerprint density at radius 2 is 1.90 bits per heavy atom. The van der Waals surface area contributed by atoms with Gasteiger partial charge in [0.15, 0.2) is 13.9 Å². The van der Waals surface area contributed by atoms with E-state index in [2.05, 4.69) is 33.9 Å². The molecule has 0 N–H and O–H groups in total. The minimum absolute atomic E-state index is 0.0373. The van der Waals surface area contributed by atoms with Gasteiger partial charge in [-0.2, -0.15) is 0 Å². The zero-order chi connectivity index (χ0) is 21.9. The zero-order valence-electron chi connectivity index (χ0n) is 18.7. The van der Waals surface area contributed by atoms with Crippen molar-refractivity contribution in [2.75, 3.05) is 7.11 Å². The first-order valence-corrected chi connectivity index (χ1v) is 13.6. The van der Waals surface area contributed by atoms with Gasteiger partial charge in [-0.1, -0.05) is 51.1 Å². The lowest BCUT2D eigenvalue weighted by Gasteiger charge is -2.62. The predicted molar refractivity (Wildman–Crippen MR) is 113 cm³/mol. The Morgan fingerprint density at radius 3 is 2.50 bits per heavy atom. The molecule has 0 unspecified atom stereocenters. The van der Waals surface area contributed by atoms with Crippen molar-refractivity contribution < 1.29 is 28.2 Å². The molecule has 1 saturated heterocycles. The first-order chi connectivity index (χ1) is 14.0. The third kappa shape index (κ3) is 2.75. The monoisotopic (exact) mass is 432 g/mol. The molecule has 6 nitrogen and oxygen atoms in total. The van der Waals surface area contributed by atoms with E-state index in [0.29, 0.717) is 12.8 Å². The van der Waals surface area contributed by atoms with Gasteiger partial charge >= 0.3 is 11.9 Å². The highest BCUT2D eigenvalue weighted by Gasteiger charge is 2.87. The van der Waals surface area contributed by atoms with Gasteiger partial charge in [0.1, 0.15) is 11.5 Å². The van der Waals surface area contributed by atoms with E-state index in [1.54, 1.807) is 0 Å². The maximum Gasteiger partial charge on any atom is 0.340 e. The van der Waals surface area contributed by atoms with Crippen LogP contribution < -0.4 is 0 Å². The molecule has 2 saturated carbocycles. The molecule has 2 aliphatic carbocycles. The number of carbonyl (C=O) groups excluding carboxylic acids is 2. The van der Waals surface area contributed by atoms with Gasteiger partial charge in [0, 0.05) is 12.3 Å². The number of esters is 2. The molecule has 3 fully saturated rings. The van der Waals surface area contributed by atoms with Gasteiger partial charge in [0.25, 0.3) is 0 Å². The van der Waals surface area contributed by atoms with Crippen LogP contribution in [0.4, 0.5) is 0 Å². The van der Waals surface area contributed by atoms with Crippen LogP contribution in [0.25, 0.3) is 0 Å². The summed E-state index contributed by atoms with van der Waals surface area (Å²) in [6, 6.07) is 9.66. The number of hydrogen-bond donors (Lipinski definition) is 0. The SMILES string of the molecule is COC(=O)[C@]12C[C@@H]3[C@@H](O[Si](C)(C)C(C)(C)C)C[C@H]1OC(=O)[C@@]32OCc1ccccc1. The van der Waals surface area contributed by atoms with E-state index < -0.39 is 37.4 Å². The van der Waals surface area contributed by atoms with Crippen LogP contribution in [0.5, 0.6) is 0 Å². The first-order valence-electron chi connectivity index (χ1n) is 10.6. The maximum absolute atomic E-state index is 13.2. The maximum atomic E-state index is 13.2. The number of hydrogen-bond acceptors (Lipinski definition) is 6. The lowest BCUT2D eigenvalue weighted by molar-refractivity contribution is -0.272. The smallest absolute Gasteiger partial charge is 0.340 e. The molecular weight excluding hydrogens is 400 g/mol. The Kier molecular flexibility index (Phi) is 4.95. The number of methoxy groups -OCH3 is 1. The minimum Gasteiger partial charge on any atom is -0.468 e. The molecule has 30 heavy (non-hydrogen) atoms. The van der Waals surface area contributed by atoms with Crippen LogP contribution in [0, 0.1) is 11.3 Å². The third-order valence-corrected chi connectivity index (χ3v) is 12.3. The molecule has 164 valence electrons. The molecule has 1 aromatic carbocycles. The fourth-order valence-corrected chi connectivity index (χ4v) is 6.55. The zero-order valence-corrected chi connectivity index (χ0v) is 19.7. The second-order valence-corrected chi connectivity index (χ2v) is 15.1. The van der Waals surface area contributed by atoms with Crippen LogP contribution in [-0.2, 0) is 34.8 Å². The highest BCUT2D eigenvalue weighted by molar-refractivity contribution is 6.74. The van der Waals surface area contributed by atoms with Crippen molar-refractivity contribution in [3.63, 3.8) is 0 Å². The van der Waals surface area contributed by atoms with E-state index in [1.807, 2.05) is 30.3 Å². The van der Waals surface area contributed by atoms with E-state index in [0.717, 1.165) is 5.56 Å². The highest BCUT2D eigenvalue weighted by Crippen LogP contribution is 2.70. The van der Waals surface area contributed by atoms with Crippen molar-refractivity contribution in [3.8, 4) is 0 Å². The number of benzene rings is 1. The summed E-state index contributed by atoms with van der Waals surface area (Å²) in [4.78, 5) is 26.1. The normalized spacial score (nSPS) is 34.9. The molecule has 2 bridgehead atoms. The van der Waals surface area contributed by atoms with Gasteiger partial charge in [-0.25, -0.2) is 4.79 Å². The molecule has 0 spiro atoms. The van der Waals surface area contributed by atoms with Crippen molar-refractivity contribution in [1.82, 2.24) is 0 Å². The van der Waals surface area contributed by atoms with Gasteiger partial charge < -0.3 is 18.6 Å². The van der Waals surface area contributed by atoms with Gasteiger partial charge in [-0.15, -0.1) is 0 Å². The molecule has 1 heterocycles. The molecule has 1 aliphatic heterocycles. The van der Waals surface area contributed by atoms with E-state index in [1.165, 1.54) is 7.11 Å². The van der Waals surface area contributed by atoms with Crippen molar-refractivity contribution >= 4 is 20.3 Å². The highest BCUT2D eigenvalue weighted by atomic mass is 28.4. The van der Waals surface area contributed by atoms with Gasteiger partial charge in [-0.3, -0.25) is 4.79 Å². The molecule has 0 aromatic heterocycles. The Bertz CT molecular complexity index is 847. The molecule has 0 radical (unpaired) electrons. The van der Waals surface area contributed by atoms with E-state index in [-0.39, 0.29) is 23.7 Å². The van der Waals surface area contributed by atoms with Gasteiger partial charge in [-0.05, 0) is 30.1 Å². The molecule has 3 aliphatic rings. The molecule has 1 aromatic rings. The minimum atomic E-state index is -2.08. The fraction of sp³-hybridized carbons (Fsp3) is 0.652.